The molecule has 0 aromatic heterocycles. The molecule has 0 aliphatic heterocycles. The summed E-state index contributed by atoms with van der Waals surface area (Å²) in [4.78, 5) is 13.5. The molecular formula is C29H42ClO5P. The zero-order valence-corrected chi connectivity index (χ0v) is 24.5. The van der Waals surface area contributed by atoms with Gasteiger partial charge in [0.05, 0.1) is 42.8 Å². The lowest BCUT2D eigenvalue weighted by Gasteiger charge is -2.20. The van der Waals surface area contributed by atoms with Crippen molar-refractivity contribution in [1.82, 2.24) is 0 Å². The van der Waals surface area contributed by atoms with Crippen LogP contribution in [-0.2, 0) is 0 Å². The van der Waals surface area contributed by atoms with E-state index in [-0.39, 0.29) is 14.1 Å². The van der Waals surface area contributed by atoms with Crippen LogP contribution in [-0.4, -0.2) is 32.5 Å². The molecule has 0 aliphatic carbocycles. The molecule has 0 heterocycles. The average Bonchev–Trinajstić information content (AvgIpc) is 2.79. The average molecular weight is 537 g/mol. The Morgan fingerprint density at radius 2 is 1.31 bits per heavy atom. The second-order valence-electron chi connectivity index (χ2n) is 10.2. The van der Waals surface area contributed by atoms with Gasteiger partial charge in [0, 0.05) is 12.1 Å². The van der Waals surface area contributed by atoms with E-state index in [1.165, 1.54) is 7.11 Å². The molecule has 2 aromatic carbocycles. The van der Waals surface area contributed by atoms with Crippen molar-refractivity contribution in [1.29, 1.82) is 0 Å². The molecule has 36 heavy (non-hydrogen) atoms. The number of ether oxygens (including phenoxy) is 4. The second-order valence-corrected chi connectivity index (χ2v) is 11.8. The van der Waals surface area contributed by atoms with Crippen molar-refractivity contribution in [3.05, 3.63) is 40.9 Å². The molecule has 0 saturated heterocycles. The highest BCUT2D eigenvalue weighted by molar-refractivity contribution is 7.66. The highest BCUT2D eigenvalue weighted by Crippen LogP contribution is 2.38. The van der Waals surface area contributed by atoms with E-state index < -0.39 is 0 Å². The highest BCUT2D eigenvalue weighted by atomic mass is 35.5. The molecule has 7 heteroatoms. The standard InChI is InChI=1S/C29H42ClO5P/c1-19(2)11-14-33-22-17-25(34-15-12-20(3)4)28(26(18-22)35-16-13-21(5)6)36-29(31)27-23(30)9-8-10-24(27)32-7/h8-10,17-21,36H,11-16H2,1-7H3. The summed E-state index contributed by atoms with van der Waals surface area (Å²) in [6.45, 7) is 14.7. The quantitative estimate of drug-likeness (QED) is 0.205. The summed E-state index contributed by atoms with van der Waals surface area (Å²) in [6, 6.07) is 8.99. The molecule has 2 rings (SSSR count). The molecule has 5 nitrogen and oxygen atoms in total. The molecule has 2 aromatic rings. The predicted molar refractivity (Wildman–Crippen MR) is 152 cm³/mol. The van der Waals surface area contributed by atoms with Crippen LogP contribution in [0.4, 0.5) is 0 Å². The van der Waals surface area contributed by atoms with Crippen LogP contribution in [0.1, 0.15) is 71.2 Å². The smallest absolute Gasteiger partial charge is 0.191 e. The molecule has 0 aliphatic rings. The third-order valence-electron chi connectivity index (χ3n) is 5.57. The van der Waals surface area contributed by atoms with Gasteiger partial charge in [0.15, 0.2) is 5.52 Å². The van der Waals surface area contributed by atoms with Crippen LogP contribution in [0, 0.1) is 17.8 Å². The molecule has 0 saturated carbocycles. The first kappa shape index (κ1) is 30.3. The Hall–Kier alpha value is -1.97. The van der Waals surface area contributed by atoms with Gasteiger partial charge in [-0.25, -0.2) is 0 Å². The van der Waals surface area contributed by atoms with E-state index in [0.29, 0.717) is 71.2 Å². The third-order valence-corrected chi connectivity index (χ3v) is 7.10. The third kappa shape index (κ3) is 9.82. The number of benzene rings is 2. The Kier molecular flexibility index (Phi) is 12.9. The number of carbonyl (C=O) groups excluding carboxylic acids is 1. The molecule has 0 N–H and O–H groups in total. The summed E-state index contributed by atoms with van der Waals surface area (Å²) >= 11 is 6.41. The number of methoxy groups -OCH3 is 1. The predicted octanol–water partition coefficient (Wildman–Crippen LogP) is 7.77. The van der Waals surface area contributed by atoms with Crippen molar-refractivity contribution < 1.29 is 23.7 Å². The molecule has 0 bridgehead atoms. The molecule has 0 amide bonds. The van der Waals surface area contributed by atoms with E-state index in [4.69, 9.17) is 30.5 Å². The largest absolute Gasteiger partial charge is 0.496 e. The van der Waals surface area contributed by atoms with Crippen molar-refractivity contribution in [3.63, 3.8) is 0 Å². The number of rotatable bonds is 16. The van der Waals surface area contributed by atoms with Gasteiger partial charge in [0.1, 0.15) is 23.0 Å². The molecule has 0 spiro atoms. The van der Waals surface area contributed by atoms with Gasteiger partial charge in [-0.1, -0.05) is 59.2 Å². The Morgan fingerprint density at radius 1 is 0.806 bits per heavy atom. The summed E-state index contributed by atoms with van der Waals surface area (Å²) in [7, 11) is 1.28. The lowest BCUT2D eigenvalue weighted by molar-refractivity contribution is 0.108. The second kappa shape index (κ2) is 15.3. The first-order valence-electron chi connectivity index (χ1n) is 12.8. The van der Waals surface area contributed by atoms with Gasteiger partial charge in [0.2, 0.25) is 0 Å². The van der Waals surface area contributed by atoms with E-state index >= 15 is 0 Å². The number of halogens is 1. The minimum absolute atomic E-state index is 0.131. The van der Waals surface area contributed by atoms with Gasteiger partial charge in [-0.15, -0.1) is 0 Å². The maximum Gasteiger partial charge on any atom is 0.191 e. The van der Waals surface area contributed by atoms with Crippen LogP contribution in [0.25, 0.3) is 0 Å². The number of carbonyl (C=O) groups is 1. The molecule has 1 atom stereocenters. The lowest BCUT2D eigenvalue weighted by Crippen LogP contribution is -2.15. The van der Waals surface area contributed by atoms with Crippen molar-refractivity contribution in [2.45, 2.75) is 60.8 Å². The Balaban J connectivity index is 2.47. The molecule has 200 valence electrons. The minimum Gasteiger partial charge on any atom is -0.496 e. The fourth-order valence-corrected chi connectivity index (χ4v) is 4.77. The van der Waals surface area contributed by atoms with Crippen molar-refractivity contribution in [2.24, 2.45) is 17.8 Å². The first-order chi connectivity index (χ1) is 17.1. The zero-order chi connectivity index (χ0) is 26.7. The van der Waals surface area contributed by atoms with Gasteiger partial charge in [-0.3, -0.25) is 4.79 Å². The Labute approximate surface area is 224 Å². The van der Waals surface area contributed by atoms with Gasteiger partial charge < -0.3 is 18.9 Å². The Morgan fingerprint density at radius 3 is 1.78 bits per heavy atom. The lowest BCUT2D eigenvalue weighted by atomic mass is 10.1. The SMILES string of the molecule is COc1cccc(Cl)c1C(=O)Pc1c(OCCC(C)C)cc(OCCC(C)C)cc1OCCC(C)C. The van der Waals surface area contributed by atoms with Crippen LogP contribution in [0.5, 0.6) is 23.0 Å². The highest BCUT2D eigenvalue weighted by Gasteiger charge is 2.23. The molecular weight excluding hydrogens is 495 g/mol. The molecule has 0 radical (unpaired) electrons. The van der Waals surface area contributed by atoms with Crippen LogP contribution >= 0.6 is 20.2 Å². The van der Waals surface area contributed by atoms with E-state index in [1.807, 2.05) is 12.1 Å². The number of hydrogen-bond acceptors (Lipinski definition) is 5. The van der Waals surface area contributed by atoms with E-state index in [9.17, 15) is 4.79 Å². The summed E-state index contributed by atoms with van der Waals surface area (Å²) in [5.74, 6) is 3.92. The van der Waals surface area contributed by atoms with Crippen molar-refractivity contribution in [2.75, 3.05) is 26.9 Å². The molecule has 1 unspecified atom stereocenters. The molecule has 0 fully saturated rings. The topological polar surface area (TPSA) is 54.0 Å². The first-order valence-corrected chi connectivity index (χ1v) is 14.2. The van der Waals surface area contributed by atoms with Gasteiger partial charge >= 0.3 is 0 Å². The normalized spacial score (nSPS) is 11.6. The minimum atomic E-state index is -0.254. The summed E-state index contributed by atoms with van der Waals surface area (Å²) in [5, 5.41) is 1.09. The zero-order valence-electron chi connectivity index (χ0n) is 22.8. The van der Waals surface area contributed by atoms with E-state index in [0.717, 1.165) is 24.6 Å². The number of hydrogen-bond donors (Lipinski definition) is 0. The van der Waals surface area contributed by atoms with Crippen LogP contribution in [0.3, 0.4) is 0 Å². The van der Waals surface area contributed by atoms with Gasteiger partial charge in [0.25, 0.3) is 0 Å². The van der Waals surface area contributed by atoms with Crippen LogP contribution < -0.4 is 24.3 Å². The fraction of sp³-hybridized carbons (Fsp3) is 0.552. The van der Waals surface area contributed by atoms with Crippen molar-refractivity contribution in [3.8, 4) is 23.0 Å². The van der Waals surface area contributed by atoms with E-state index in [1.54, 1.807) is 18.2 Å². The Bertz CT molecular complexity index is 939. The maximum absolute atomic E-state index is 13.5. The van der Waals surface area contributed by atoms with Gasteiger partial charge in [-0.05, 0) is 57.7 Å². The maximum atomic E-state index is 13.5. The van der Waals surface area contributed by atoms with Crippen LogP contribution in [0.15, 0.2) is 30.3 Å². The van der Waals surface area contributed by atoms with Crippen LogP contribution in [0.2, 0.25) is 5.02 Å². The van der Waals surface area contributed by atoms with Crippen molar-refractivity contribution >= 4 is 31.0 Å². The van der Waals surface area contributed by atoms with Gasteiger partial charge in [-0.2, -0.15) is 0 Å². The summed E-state index contributed by atoms with van der Waals surface area (Å²) < 4.78 is 24.0. The summed E-state index contributed by atoms with van der Waals surface area (Å²) in [5.41, 5.74) is 0.242. The summed E-state index contributed by atoms with van der Waals surface area (Å²) in [6.07, 6.45) is 2.75. The van der Waals surface area contributed by atoms with E-state index in [2.05, 4.69) is 41.5 Å². The fourth-order valence-electron chi connectivity index (χ4n) is 3.29. The monoisotopic (exact) mass is 536 g/mol.